The van der Waals surface area contributed by atoms with Crippen molar-refractivity contribution in [1.29, 1.82) is 0 Å². The van der Waals surface area contributed by atoms with Crippen LogP contribution < -0.4 is 10.2 Å². The van der Waals surface area contributed by atoms with E-state index in [9.17, 15) is 9.59 Å². The number of carbonyl (C=O) groups excluding carboxylic acids is 2. The highest BCUT2D eigenvalue weighted by atomic mass is 16.6. The van der Waals surface area contributed by atoms with E-state index in [1.807, 2.05) is 20.8 Å². The maximum atomic E-state index is 12.5. The Hall–Kier alpha value is -2.28. The van der Waals surface area contributed by atoms with E-state index >= 15 is 0 Å². The molecule has 2 fully saturated rings. The summed E-state index contributed by atoms with van der Waals surface area (Å²) < 4.78 is 5.40. The quantitative estimate of drug-likeness (QED) is 0.654. The highest BCUT2D eigenvalue weighted by Crippen LogP contribution is 2.20. The summed E-state index contributed by atoms with van der Waals surface area (Å²) in [7, 11) is 0. The molecule has 0 aliphatic carbocycles. The van der Waals surface area contributed by atoms with Crippen molar-refractivity contribution in [3.8, 4) is 0 Å². The highest BCUT2D eigenvalue weighted by Gasteiger charge is 2.33. The lowest BCUT2D eigenvalue weighted by molar-refractivity contribution is -0.124. The van der Waals surface area contributed by atoms with Gasteiger partial charge in [-0.3, -0.25) is 9.69 Å². The number of aryl methyl sites for hydroxylation is 1. The molecule has 7 nitrogen and oxygen atoms in total. The van der Waals surface area contributed by atoms with E-state index in [1.165, 1.54) is 11.3 Å². The fourth-order valence-electron chi connectivity index (χ4n) is 4.34. The number of benzene rings is 1. The van der Waals surface area contributed by atoms with Gasteiger partial charge in [-0.15, -0.1) is 0 Å². The van der Waals surface area contributed by atoms with Gasteiger partial charge in [-0.2, -0.15) is 0 Å². The first-order valence-electron chi connectivity index (χ1n) is 12.0. The number of likely N-dealkylation sites (tertiary alicyclic amines) is 1. The zero-order valence-electron chi connectivity index (χ0n) is 20.2. The molecule has 2 aliphatic heterocycles. The summed E-state index contributed by atoms with van der Waals surface area (Å²) in [6.45, 7) is 14.8. The molecule has 1 N–H and O–H groups in total. The summed E-state index contributed by atoms with van der Waals surface area (Å²) in [6, 6.07) is 8.73. The van der Waals surface area contributed by atoms with Crippen LogP contribution in [-0.2, 0) is 9.53 Å². The van der Waals surface area contributed by atoms with Gasteiger partial charge in [0.2, 0.25) is 5.91 Å². The Balaban J connectivity index is 1.26. The summed E-state index contributed by atoms with van der Waals surface area (Å²) in [5, 5.41) is 3.06. The zero-order chi connectivity index (χ0) is 23.1. The van der Waals surface area contributed by atoms with Crippen molar-refractivity contribution in [2.24, 2.45) is 5.92 Å². The Morgan fingerprint density at radius 2 is 1.84 bits per heavy atom. The normalized spacial score (nSPS) is 19.8. The molecule has 7 heteroatoms. The van der Waals surface area contributed by atoms with Crippen LogP contribution in [0.5, 0.6) is 0 Å². The summed E-state index contributed by atoms with van der Waals surface area (Å²) in [5.41, 5.74) is 2.12. The molecule has 1 aromatic carbocycles. The molecule has 2 aliphatic rings. The first-order valence-corrected chi connectivity index (χ1v) is 12.0. The van der Waals surface area contributed by atoms with E-state index in [1.54, 1.807) is 4.90 Å². The van der Waals surface area contributed by atoms with Crippen LogP contribution in [0.15, 0.2) is 24.3 Å². The SMILES string of the molecule is Cc1cccc(N2CCN(CCCCNC(=O)C3CCN(C(=O)OC(C)(C)C)C3)CC2)c1. The van der Waals surface area contributed by atoms with Crippen LogP contribution in [0, 0.1) is 12.8 Å². The van der Waals surface area contributed by atoms with Crippen LogP contribution in [-0.4, -0.2) is 79.8 Å². The molecule has 2 heterocycles. The van der Waals surface area contributed by atoms with E-state index in [0.29, 0.717) is 26.1 Å². The molecule has 1 atom stereocenters. The molecule has 178 valence electrons. The number of carbonyl (C=O) groups is 2. The monoisotopic (exact) mass is 444 g/mol. The zero-order valence-corrected chi connectivity index (χ0v) is 20.2. The van der Waals surface area contributed by atoms with Crippen LogP contribution in [0.25, 0.3) is 0 Å². The summed E-state index contributed by atoms with van der Waals surface area (Å²) in [5.74, 6) is -0.0694. The Morgan fingerprint density at radius 3 is 2.53 bits per heavy atom. The number of ether oxygens (including phenoxy) is 1. The van der Waals surface area contributed by atoms with E-state index in [4.69, 9.17) is 4.74 Å². The number of hydrogen-bond donors (Lipinski definition) is 1. The van der Waals surface area contributed by atoms with Crippen molar-refractivity contribution in [2.45, 2.75) is 52.6 Å². The van der Waals surface area contributed by atoms with Gasteiger partial charge in [0.05, 0.1) is 5.92 Å². The molecule has 0 bridgehead atoms. The number of piperazine rings is 1. The number of unbranched alkanes of at least 4 members (excludes halogenated alkanes) is 1. The molecule has 1 aromatic rings. The molecule has 0 aromatic heterocycles. The van der Waals surface area contributed by atoms with Gasteiger partial charge in [0.15, 0.2) is 0 Å². The third-order valence-electron chi connectivity index (χ3n) is 6.15. The number of nitrogens with zero attached hydrogens (tertiary/aromatic N) is 3. The predicted molar refractivity (Wildman–Crippen MR) is 128 cm³/mol. The Kier molecular flexibility index (Phi) is 8.40. The van der Waals surface area contributed by atoms with E-state index in [2.05, 4.69) is 46.3 Å². The van der Waals surface area contributed by atoms with Gasteiger partial charge < -0.3 is 19.9 Å². The second kappa shape index (κ2) is 11.0. The molecule has 0 saturated carbocycles. The minimum atomic E-state index is -0.509. The minimum Gasteiger partial charge on any atom is -0.444 e. The fraction of sp³-hybridized carbons (Fsp3) is 0.680. The average molecular weight is 445 g/mol. The Labute approximate surface area is 193 Å². The molecule has 0 radical (unpaired) electrons. The fourth-order valence-corrected chi connectivity index (χ4v) is 4.34. The first-order chi connectivity index (χ1) is 15.2. The van der Waals surface area contributed by atoms with Gasteiger partial charge in [0.1, 0.15) is 5.60 Å². The van der Waals surface area contributed by atoms with Crippen molar-refractivity contribution in [1.82, 2.24) is 15.1 Å². The first kappa shape index (κ1) is 24.4. The van der Waals surface area contributed by atoms with Gasteiger partial charge in [0, 0.05) is 51.5 Å². The van der Waals surface area contributed by atoms with Crippen molar-refractivity contribution in [3.63, 3.8) is 0 Å². The molecular weight excluding hydrogens is 404 g/mol. The molecule has 1 unspecified atom stereocenters. The summed E-state index contributed by atoms with van der Waals surface area (Å²) in [6.07, 6.45) is 2.44. The smallest absolute Gasteiger partial charge is 0.410 e. The number of anilines is 1. The summed E-state index contributed by atoms with van der Waals surface area (Å²) in [4.78, 5) is 31.2. The molecule has 3 rings (SSSR count). The van der Waals surface area contributed by atoms with Gasteiger partial charge in [-0.1, -0.05) is 12.1 Å². The van der Waals surface area contributed by atoms with Crippen molar-refractivity contribution in [3.05, 3.63) is 29.8 Å². The lowest BCUT2D eigenvalue weighted by atomic mass is 10.1. The van der Waals surface area contributed by atoms with Crippen LogP contribution >= 0.6 is 0 Å². The van der Waals surface area contributed by atoms with Crippen molar-refractivity contribution < 1.29 is 14.3 Å². The standard InChI is InChI=1S/C25H40N4O3/c1-20-8-7-9-22(18-20)28-16-14-27(15-17-28)12-6-5-11-26-23(30)21-10-13-29(19-21)24(31)32-25(2,3)4/h7-9,18,21H,5-6,10-17,19H2,1-4H3,(H,26,30). The third kappa shape index (κ3) is 7.40. The highest BCUT2D eigenvalue weighted by molar-refractivity contribution is 5.80. The average Bonchev–Trinajstić information content (AvgIpc) is 3.23. The molecule has 2 amide bonds. The van der Waals surface area contributed by atoms with Crippen LogP contribution in [0.1, 0.15) is 45.6 Å². The van der Waals surface area contributed by atoms with E-state index in [0.717, 1.165) is 45.6 Å². The minimum absolute atomic E-state index is 0.0582. The van der Waals surface area contributed by atoms with Crippen LogP contribution in [0.2, 0.25) is 0 Å². The lowest BCUT2D eigenvalue weighted by Crippen LogP contribution is -2.46. The molecule has 2 saturated heterocycles. The van der Waals surface area contributed by atoms with E-state index < -0.39 is 5.60 Å². The van der Waals surface area contributed by atoms with Gasteiger partial charge in [-0.25, -0.2) is 4.79 Å². The van der Waals surface area contributed by atoms with Gasteiger partial charge in [-0.05, 0) is 71.2 Å². The number of nitrogens with one attached hydrogen (secondary N) is 1. The van der Waals surface area contributed by atoms with Crippen molar-refractivity contribution >= 4 is 17.7 Å². The van der Waals surface area contributed by atoms with Gasteiger partial charge >= 0.3 is 6.09 Å². The largest absolute Gasteiger partial charge is 0.444 e. The molecule has 0 spiro atoms. The maximum absolute atomic E-state index is 12.5. The Bertz CT molecular complexity index is 769. The van der Waals surface area contributed by atoms with Crippen LogP contribution in [0.3, 0.4) is 0 Å². The lowest BCUT2D eigenvalue weighted by Gasteiger charge is -2.36. The van der Waals surface area contributed by atoms with Crippen molar-refractivity contribution in [2.75, 3.05) is 57.3 Å². The Morgan fingerprint density at radius 1 is 1.09 bits per heavy atom. The topological polar surface area (TPSA) is 65.1 Å². The number of rotatable bonds is 7. The molecular formula is C25H40N4O3. The maximum Gasteiger partial charge on any atom is 0.410 e. The second-order valence-electron chi connectivity index (χ2n) is 10.1. The predicted octanol–water partition coefficient (Wildman–Crippen LogP) is 3.27. The summed E-state index contributed by atoms with van der Waals surface area (Å²) >= 11 is 0. The van der Waals surface area contributed by atoms with Crippen LogP contribution in [0.4, 0.5) is 10.5 Å². The number of hydrogen-bond acceptors (Lipinski definition) is 5. The molecule has 32 heavy (non-hydrogen) atoms. The van der Waals surface area contributed by atoms with E-state index in [-0.39, 0.29) is 17.9 Å². The number of amides is 2. The third-order valence-corrected chi connectivity index (χ3v) is 6.15. The second-order valence-corrected chi connectivity index (χ2v) is 10.1. The van der Waals surface area contributed by atoms with Gasteiger partial charge in [0.25, 0.3) is 0 Å².